The van der Waals surface area contributed by atoms with Crippen LogP contribution in [0.1, 0.15) is 19.4 Å². The first-order chi connectivity index (χ1) is 11.1. The van der Waals surface area contributed by atoms with Gasteiger partial charge in [-0.15, -0.1) is 0 Å². The first-order valence-electron chi connectivity index (χ1n) is 7.12. The van der Waals surface area contributed by atoms with Crippen molar-refractivity contribution in [1.82, 2.24) is 5.32 Å². The number of fused-ring (bicyclic) bond motifs is 1. The summed E-state index contributed by atoms with van der Waals surface area (Å²) in [6, 6.07) is 5.55. The van der Waals surface area contributed by atoms with E-state index in [1.54, 1.807) is 19.9 Å². The Labute approximate surface area is 140 Å². The van der Waals surface area contributed by atoms with Gasteiger partial charge in [-0.25, -0.2) is 4.84 Å². The van der Waals surface area contributed by atoms with Crippen molar-refractivity contribution in [3.05, 3.63) is 46.1 Å². The summed E-state index contributed by atoms with van der Waals surface area (Å²) < 4.78 is 10.6. The summed E-state index contributed by atoms with van der Waals surface area (Å²) in [5, 5.41) is 3.22. The van der Waals surface area contributed by atoms with Gasteiger partial charge in [0.2, 0.25) is 6.79 Å². The van der Waals surface area contributed by atoms with Crippen LogP contribution in [0.25, 0.3) is 0 Å². The minimum Gasteiger partial charge on any atom is -0.454 e. The van der Waals surface area contributed by atoms with E-state index in [1.807, 2.05) is 18.2 Å². The molecule has 0 bridgehead atoms. The van der Waals surface area contributed by atoms with E-state index in [2.05, 4.69) is 5.32 Å². The second-order valence-corrected chi connectivity index (χ2v) is 5.33. The van der Waals surface area contributed by atoms with Crippen molar-refractivity contribution in [3.63, 3.8) is 0 Å². The van der Waals surface area contributed by atoms with Crippen LogP contribution >= 0.6 is 11.6 Å². The molecule has 6 nitrogen and oxygen atoms in total. The Balaban J connectivity index is 2.09. The molecule has 1 amide bonds. The van der Waals surface area contributed by atoms with Crippen LogP contribution in [-0.2, 0) is 16.2 Å². The van der Waals surface area contributed by atoms with Crippen molar-refractivity contribution in [2.75, 3.05) is 13.9 Å². The maximum atomic E-state index is 12.4. The van der Waals surface area contributed by atoms with Gasteiger partial charge in [0.1, 0.15) is 11.3 Å². The highest BCUT2D eigenvalue weighted by atomic mass is 35.5. The van der Waals surface area contributed by atoms with Gasteiger partial charge in [0, 0.05) is 13.5 Å². The van der Waals surface area contributed by atoms with Gasteiger partial charge in [-0.05, 0) is 24.6 Å². The minimum absolute atomic E-state index is 0.223. The van der Waals surface area contributed by atoms with E-state index < -0.39 is 0 Å². The van der Waals surface area contributed by atoms with E-state index in [1.165, 1.54) is 12.6 Å². The van der Waals surface area contributed by atoms with E-state index >= 15 is 0 Å². The highest BCUT2D eigenvalue weighted by molar-refractivity contribution is 6.35. The molecule has 0 unspecified atom stereocenters. The summed E-state index contributed by atoms with van der Waals surface area (Å²) in [6.45, 7) is 4.12. The fourth-order valence-electron chi connectivity index (χ4n) is 2.18. The molecule has 0 saturated heterocycles. The molecule has 3 N–H and O–H groups in total. The molecule has 1 aromatic carbocycles. The lowest BCUT2D eigenvalue weighted by Gasteiger charge is -2.10. The van der Waals surface area contributed by atoms with E-state index in [0.29, 0.717) is 34.3 Å². The number of amides is 1. The van der Waals surface area contributed by atoms with Crippen molar-refractivity contribution in [3.8, 4) is 11.5 Å². The third kappa shape index (κ3) is 4.25. The molecule has 23 heavy (non-hydrogen) atoms. The van der Waals surface area contributed by atoms with Crippen LogP contribution in [0.4, 0.5) is 0 Å². The number of nitrogens with two attached hydrogens (primary N) is 1. The van der Waals surface area contributed by atoms with Crippen LogP contribution < -0.4 is 20.3 Å². The van der Waals surface area contributed by atoms with E-state index in [4.69, 9.17) is 25.9 Å². The molecule has 1 aliphatic rings. The van der Waals surface area contributed by atoms with E-state index in [-0.39, 0.29) is 12.7 Å². The molecular weight excluding hydrogens is 320 g/mol. The monoisotopic (exact) mass is 339 g/mol. The lowest BCUT2D eigenvalue weighted by atomic mass is 10.1. The quantitative estimate of drug-likeness (QED) is 0.469. The number of rotatable bonds is 6. The van der Waals surface area contributed by atoms with Gasteiger partial charge >= 0.3 is 0 Å². The second kappa shape index (κ2) is 8.01. The molecular formula is C16H20ClN2O4+. The van der Waals surface area contributed by atoms with E-state index in [0.717, 1.165) is 5.56 Å². The maximum Gasteiger partial charge on any atom is 0.258 e. The van der Waals surface area contributed by atoms with Crippen molar-refractivity contribution >= 4 is 17.5 Å². The summed E-state index contributed by atoms with van der Waals surface area (Å²) in [5.41, 5.74) is 3.43. The summed E-state index contributed by atoms with van der Waals surface area (Å²) in [7, 11) is 1.52. The lowest BCUT2D eigenvalue weighted by molar-refractivity contribution is -0.855. The van der Waals surface area contributed by atoms with Crippen molar-refractivity contribution in [1.29, 1.82) is 0 Å². The molecule has 0 radical (unpaired) electrons. The van der Waals surface area contributed by atoms with Gasteiger partial charge in [0.05, 0.1) is 12.1 Å². The molecule has 1 heterocycles. The predicted molar refractivity (Wildman–Crippen MR) is 85.7 cm³/mol. The molecule has 7 heteroatoms. The van der Waals surface area contributed by atoms with Gasteiger partial charge in [0.15, 0.2) is 11.5 Å². The Kier molecular flexibility index (Phi) is 6.04. The van der Waals surface area contributed by atoms with Crippen molar-refractivity contribution < 1.29 is 24.6 Å². The molecule has 1 aromatic rings. The standard InChI is InChI=1S/C16H19ClN2O4/c1-4-12(17)15(10(2)19-21-3)16(20)18-8-11-5-6-13-14(7-11)23-9-22-13/h4-7,19H,8-9H2,1-3H3,(H,18,20)/p+1/b12-4+,15-10+. The number of carbonyl (C=O) groups is 1. The molecule has 0 aromatic heterocycles. The van der Waals surface area contributed by atoms with Crippen LogP contribution in [-0.4, -0.2) is 19.8 Å². The lowest BCUT2D eigenvalue weighted by Crippen LogP contribution is -2.80. The SMILES string of the molecule is C/C=C(Cl)\C(C(=O)NCc1ccc2c(c1)OCO2)=C(\C)[NH2+]OC. The normalized spacial score (nSPS) is 14.5. The van der Waals surface area contributed by atoms with Crippen molar-refractivity contribution in [2.24, 2.45) is 0 Å². The van der Waals surface area contributed by atoms with Crippen molar-refractivity contribution in [2.45, 2.75) is 20.4 Å². The van der Waals surface area contributed by atoms with Crippen LogP contribution in [0.2, 0.25) is 0 Å². The van der Waals surface area contributed by atoms with Gasteiger partial charge in [0.25, 0.3) is 5.91 Å². The Morgan fingerprint density at radius 1 is 1.43 bits per heavy atom. The van der Waals surface area contributed by atoms with Gasteiger partial charge in [-0.1, -0.05) is 23.7 Å². The smallest absolute Gasteiger partial charge is 0.258 e. The minimum atomic E-state index is -0.267. The first-order valence-corrected chi connectivity index (χ1v) is 7.50. The molecule has 0 aliphatic carbocycles. The van der Waals surface area contributed by atoms with Gasteiger partial charge in [-0.3, -0.25) is 4.79 Å². The van der Waals surface area contributed by atoms with E-state index in [9.17, 15) is 4.79 Å². The maximum absolute atomic E-state index is 12.4. The Morgan fingerprint density at radius 3 is 2.87 bits per heavy atom. The number of hydrogen-bond donors (Lipinski definition) is 2. The third-order valence-corrected chi connectivity index (χ3v) is 3.71. The fraction of sp³-hybridized carbons (Fsp3) is 0.312. The molecule has 0 fully saturated rings. The zero-order valence-corrected chi connectivity index (χ0v) is 14.1. The summed E-state index contributed by atoms with van der Waals surface area (Å²) >= 11 is 6.15. The second-order valence-electron chi connectivity index (χ2n) is 4.92. The number of nitrogens with one attached hydrogen (secondary N) is 1. The number of allylic oxidation sites excluding steroid dienone is 2. The molecule has 1 aliphatic heterocycles. The van der Waals surface area contributed by atoms with Crippen LogP contribution in [0.5, 0.6) is 11.5 Å². The predicted octanol–water partition coefficient (Wildman–Crippen LogP) is 1.57. The average molecular weight is 340 g/mol. The zero-order valence-electron chi connectivity index (χ0n) is 13.3. The molecule has 2 rings (SSSR count). The highest BCUT2D eigenvalue weighted by Gasteiger charge is 2.20. The fourth-order valence-corrected chi connectivity index (χ4v) is 2.41. The number of hydroxylamine groups is 1. The van der Waals surface area contributed by atoms with Crippen LogP contribution in [0.3, 0.4) is 0 Å². The number of benzene rings is 1. The number of halogens is 1. The Hall–Kier alpha value is -2.02. The molecule has 0 saturated carbocycles. The van der Waals surface area contributed by atoms with Gasteiger partial charge in [-0.2, -0.15) is 5.48 Å². The topological polar surface area (TPSA) is 73.4 Å². The highest BCUT2D eigenvalue weighted by Crippen LogP contribution is 2.32. The van der Waals surface area contributed by atoms with Crippen LogP contribution in [0, 0.1) is 0 Å². The molecule has 0 spiro atoms. The number of ether oxygens (including phenoxy) is 2. The largest absolute Gasteiger partial charge is 0.454 e. The third-order valence-electron chi connectivity index (χ3n) is 3.30. The number of quaternary nitrogens is 1. The molecule has 124 valence electrons. The number of hydrogen-bond acceptors (Lipinski definition) is 4. The summed E-state index contributed by atoms with van der Waals surface area (Å²) in [6.07, 6.45) is 1.67. The summed E-state index contributed by atoms with van der Waals surface area (Å²) in [4.78, 5) is 17.4. The first kappa shape index (κ1) is 17.3. The Morgan fingerprint density at radius 2 is 2.17 bits per heavy atom. The summed E-state index contributed by atoms with van der Waals surface area (Å²) in [5.74, 6) is 1.13. The Bertz CT molecular complexity index is 655. The van der Waals surface area contributed by atoms with Gasteiger partial charge < -0.3 is 14.8 Å². The zero-order chi connectivity index (χ0) is 16.8. The number of carbonyl (C=O) groups excluding carboxylic acids is 1. The molecule has 0 atom stereocenters. The van der Waals surface area contributed by atoms with Crippen LogP contribution in [0.15, 0.2) is 40.6 Å². The average Bonchev–Trinajstić information content (AvgIpc) is 3.00.